The fraction of sp³-hybridized carbons (Fsp3) is 0.293. The fourth-order valence-corrected chi connectivity index (χ4v) is 5.58. The number of terminal acetylenes is 1. The minimum atomic E-state index is -1.10. The second kappa shape index (κ2) is 19.3. The van der Waals surface area contributed by atoms with Crippen LogP contribution in [0.15, 0.2) is 121 Å². The summed E-state index contributed by atoms with van der Waals surface area (Å²) in [4.78, 5) is 12.8. The first-order valence-corrected chi connectivity index (χ1v) is 16.9. The van der Waals surface area contributed by atoms with Crippen molar-refractivity contribution in [3.8, 4) is 30.4 Å². The summed E-state index contributed by atoms with van der Waals surface area (Å²) >= 11 is 0. The van der Waals surface area contributed by atoms with Crippen molar-refractivity contribution in [3.05, 3.63) is 144 Å². The zero-order chi connectivity index (χ0) is 35.8. The van der Waals surface area contributed by atoms with Crippen molar-refractivity contribution in [3.63, 3.8) is 0 Å². The van der Waals surface area contributed by atoms with E-state index in [2.05, 4.69) is 20.9 Å². The van der Waals surface area contributed by atoms with Crippen molar-refractivity contribution in [2.24, 2.45) is 0 Å². The van der Waals surface area contributed by atoms with E-state index in [1.54, 1.807) is 0 Å². The van der Waals surface area contributed by atoms with Crippen molar-refractivity contribution in [1.82, 2.24) is 15.0 Å². The van der Waals surface area contributed by atoms with E-state index >= 15 is 0 Å². The lowest BCUT2D eigenvalue weighted by atomic mass is 9.97. The molecule has 6 rings (SSSR count). The molecular weight excluding hydrogens is 662 g/mol. The number of methoxy groups -OCH3 is 1. The molecule has 0 N–H and O–H groups in total. The van der Waals surface area contributed by atoms with Crippen molar-refractivity contribution < 1.29 is 37.9 Å². The van der Waals surface area contributed by atoms with Gasteiger partial charge in [0.2, 0.25) is 6.29 Å². The fourth-order valence-electron chi connectivity index (χ4n) is 5.58. The van der Waals surface area contributed by atoms with Gasteiger partial charge in [0.25, 0.3) is 0 Å². The molecule has 5 aromatic rings. The number of nitrogens with zero attached hydrogens (tertiary/aromatic N) is 3. The van der Waals surface area contributed by atoms with Crippen LogP contribution in [0.25, 0.3) is 0 Å². The molecule has 1 fully saturated rings. The number of benzene rings is 4. The Morgan fingerprint density at radius 3 is 1.56 bits per heavy atom. The molecular formula is C41H41N3O8. The summed E-state index contributed by atoms with van der Waals surface area (Å²) in [6, 6.07) is 39.3. The molecule has 0 aliphatic carbocycles. The minimum Gasteiger partial charge on any atom is -0.467 e. The second-order valence-corrected chi connectivity index (χ2v) is 11.8. The maximum absolute atomic E-state index is 6.77. The molecule has 0 radical (unpaired) electrons. The quantitative estimate of drug-likeness (QED) is 0.101. The molecule has 11 nitrogen and oxygen atoms in total. The first-order chi connectivity index (χ1) is 25.7. The zero-order valence-electron chi connectivity index (χ0n) is 28.9. The van der Waals surface area contributed by atoms with E-state index in [1.807, 2.05) is 121 Å². The Hall–Kier alpha value is -5.35. The molecule has 1 saturated heterocycles. The topological polar surface area (TPSA) is 113 Å². The van der Waals surface area contributed by atoms with Crippen LogP contribution in [0.4, 0.5) is 0 Å². The van der Waals surface area contributed by atoms with E-state index in [-0.39, 0.29) is 44.5 Å². The molecule has 1 aliphatic rings. The van der Waals surface area contributed by atoms with Crippen LogP contribution < -0.4 is 14.2 Å². The van der Waals surface area contributed by atoms with Gasteiger partial charge in [0.1, 0.15) is 24.4 Å². The van der Waals surface area contributed by atoms with Gasteiger partial charge in [0.15, 0.2) is 6.61 Å². The third kappa shape index (κ3) is 10.6. The molecule has 2 heterocycles. The molecule has 1 aliphatic heterocycles. The summed E-state index contributed by atoms with van der Waals surface area (Å²) < 4.78 is 50.3. The number of rotatable bonds is 18. The Morgan fingerprint density at radius 1 is 0.577 bits per heavy atom. The monoisotopic (exact) mass is 703 g/mol. The number of ether oxygens (including phenoxy) is 8. The highest BCUT2D eigenvalue weighted by molar-refractivity contribution is 5.17. The van der Waals surface area contributed by atoms with Gasteiger partial charge in [0.05, 0.1) is 40.1 Å². The van der Waals surface area contributed by atoms with Crippen LogP contribution in [-0.2, 0) is 50.1 Å². The van der Waals surface area contributed by atoms with Crippen molar-refractivity contribution >= 4 is 0 Å². The predicted molar refractivity (Wildman–Crippen MR) is 191 cm³/mol. The predicted octanol–water partition coefficient (Wildman–Crippen LogP) is 5.97. The van der Waals surface area contributed by atoms with Crippen LogP contribution in [0.2, 0.25) is 0 Å². The number of hydrogen-bond acceptors (Lipinski definition) is 11. The van der Waals surface area contributed by atoms with Gasteiger partial charge in [-0.1, -0.05) is 127 Å². The Bertz CT molecular complexity index is 1810. The van der Waals surface area contributed by atoms with E-state index in [1.165, 1.54) is 7.11 Å². The van der Waals surface area contributed by atoms with Crippen LogP contribution in [0.3, 0.4) is 0 Å². The second-order valence-electron chi connectivity index (χ2n) is 11.8. The Balaban J connectivity index is 1.35. The highest BCUT2D eigenvalue weighted by Gasteiger charge is 2.50. The summed E-state index contributed by atoms with van der Waals surface area (Å²) in [5, 5.41) is 0. The lowest BCUT2D eigenvalue weighted by Crippen LogP contribution is -2.62. The summed E-state index contributed by atoms with van der Waals surface area (Å²) in [6.45, 7) is 1.26. The smallest absolute Gasteiger partial charge is 0.328 e. The Labute approximate surface area is 303 Å². The summed E-state index contributed by atoms with van der Waals surface area (Å²) in [7, 11) is 1.43. The van der Waals surface area contributed by atoms with Crippen LogP contribution in [0.5, 0.6) is 18.0 Å². The maximum atomic E-state index is 6.77. The van der Waals surface area contributed by atoms with Gasteiger partial charge in [-0.15, -0.1) is 21.4 Å². The molecule has 0 unspecified atom stereocenters. The molecule has 1 aromatic heterocycles. The van der Waals surface area contributed by atoms with Crippen LogP contribution in [0, 0.1) is 12.3 Å². The van der Waals surface area contributed by atoms with E-state index in [4.69, 9.17) is 44.3 Å². The zero-order valence-corrected chi connectivity index (χ0v) is 28.9. The molecule has 52 heavy (non-hydrogen) atoms. The summed E-state index contributed by atoms with van der Waals surface area (Å²) in [6.07, 6.45) is 1.43. The van der Waals surface area contributed by atoms with Crippen molar-refractivity contribution in [2.75, 3.05) is 20.3 Å². The average molecular weight is 704 g/mol. The number of hydrogen-bond donors (Lipinski definition) is 0. The van der Waals surface area contributed by atoms with Crippen LogP contribution in [-0.4, -0.2) is 66.0 Å². The molecule has 0 amide bonds. The molecule has 0 spiro atoms. The van der Waals surface area contributed by atoms with Crippen LogP contribution >= 0.6 is 0 Å². The van der Waals surface area contributed by atoms with Gasteiger partial charge < -0.3 is 37.9 Å². The van der Waals surface area contributed by atoms with E-state index in [0.717, 1.165) is 22.3 Å². The molecule has 4 aromatic carbocycles. The highest BCUT2D eigenvalue weighted by atomic mass is 16.7. The molecule has 0 saturated carbocycles. The van der Waals surface area contributed by atoms with E-state index in [0.29, 0.717) is 13.2 Å². The first kappa shape index (κ1) is 36.4. The lowest BCUT2D eigenvalue weighted by molar-refractivity contribution is -0.311. The normalized spacial score (nSPS) is 19.7. The largest absolute Gasteiger partial charge is 0.467 e. The van der Waals surface area contributed by atoms with Crippen molar-refractivity contribution in [1.29, 1.82) is 0 Å². The Kier molecular flexibility index (Phi) is 13.5. The SMILES string of the molecule is C#CCOc1nc(OC)nc(O[C@@H]2O[C@H](COCc3ccccc3)[C@@H](OCc3ccccc3)[C@H](OCc3ccccc3)[C@H]2OCc2ccccc2)n1. The summed E-state index contributed by atoms with van der Waals surface area (Å²) in [5.41, 5.74) is 3.94. The van der Waals surface area contributed by atoms with E-state index < -0.39 is 30.7 Å². The molecule has 0 bridgehead atoms. The summed E-state index contributed by atoms with van der Waals surface area (Å²) in [5.74, 6) is 2.40. The van der Waals surface area contributed by atoms with Gasteiger partial charge in [-0.2, -0.15) is 0 Å². The lowest BCUT2D eigenvalue weighted by Gasteiger charge is -2.45. The maximum Gasteiger partial charge on any atom is 0.328 e. The third-order valence-corrected chi connectivity index (χ3v) is 8.10. The Morgan fingerprint density at radius 2 is 1.04 bits per heavy atom. The first-order valence-electron chi connectivity index (χ1n) is 16.9. The van der Waals surface area contributed by atoms with Gasteiger partial charge in [-0.05, 0) is 22.3 Å². The van der Waals surface area contributed by atoms with Gasteiger partial charge in [-0.25, -0.2) is 0 Å². The minimum absolute atomic E-state index is 0.0294. The highest BCUT2D eigenvalue weighted by Crippen LogP contribution is 2.32. The third-order valence-electron chi connectivity index (χ3n) is 8.10. The van der Waals surface area contributed by atoms with E-state index in [9.17, 15) is 0 Å². The van der Waals surface area contributed by atoms with Crippen LogP contribution in [0.1, 0.15) is 22.3 Å². The van der Waals surface area contributed by atoms with Gasteiger partial charge in [-0.3, -0.25) is 0 Å². The molecule has 11 heteroatoms. The molecule has 5 atom stereocenters. The number of aromatic nitrogens is 3. The van der Waals surface area contributed by atoms with Gasteiger partial charge in [0, 0.05) is 0 Å². The molecule has 268 valence electrons. The van der Waals surface area contributed by atoms with Gasteiger partial charge >= 0.3 is 18.0 Å². The van der Waals surface area contributed by atoms with Crippen molar-refractivity contribution in [2.45, 2.75) is 57.1 Å². The average Bonchev–Trinajstić information content (AvgIpc) is 3.20. The standard InChI is InChI=1S/C41H41N3O8/c1-3-24-47-40-42-39(45-2)43-41(44-40)52-38-37(50-28-33-22-14-7-15-23-33)36(49-27-32-20-12-6-13-21-32)35(48-26-31-18-10-5-11-19-31)34(51-38)29-46-25-30-16-8-4-9-17-30/h1,4-23,34-38H,24-29H2,2H3/t34-,35-,36+,37-,38+/m1/s1.